The van der Waals surface area contributed by atoms with Crippen LogP contribution >= 0.6 is 46.8 Å². The molecule has 36 heavy (non-hydrogen) atoms. The predicted octanol–water partition coefficient (Wildman–Crippen LogP) is 6.92. The van der Waals surface area contributed by atoms with E-state index in [4.69, 9.17) is 49.3 Å². The van der Waals surface area contributed by atoms with Crippen LogP contribution in [0.4, 0.5) is 5.13 Å². The van der Waals surface area contributed by atoms with Gasteiger partial charge in [-0.2, -0.15) is 0 Å². The number of carbonyl (C=O) groups excluding carboxylic acids is 1. The van der Waals surface area contributed by atoms with Gasteiger partial charge in [0.15, 0.2) is 21.7 Å². The highest BCUT2D eigenvalue weighted by molar-refractivity contribution is 7.80. The normalized spacial score (nSPS) is 10.9. The third-order valence-electron chi connectivity index (χ3n) is 4.86. The summed E-state index contributed by atoms with van der Waals surface area (Å²) in [5.74, 6) is 1.84. The minimum absolute atomic E-state index is 0.117. The van der Waals surface area contributed by atoms with Crippen LogP contribution in [0.2, 0.25) is 10.0 Å². The Morgan fingerprint density at radius 2 is 1.89 bits per heavy atom. The Kier molecular flexibility index (Phi) is 8.27. The molecule has 1 amide bonds. The van der Waals surface area contributed by atoms with Gasteiger partial charge in [0.2, 0.25) is 5.91 Å². The summed E-state index contributed by atoms with van der Waals surface area (Å²) in [4.78, 5) is 16.8. The number of ether oxygens (including phenoxy) is 2. The lowest BCUT2D eigenvalue weighted by Gasteiger charge is -2.08. The van der Waals surface area contributed by atoms with Gasteiger partial charge in [0.25, 0.3) is 0 Å². The molecule has 0 aliphatic rings. The van der Waals surface area contributed by atoms with Gasteiger partial charge in [-0.25, -0.2) is 4.98 Å². The van der Waals surface area contributed by atoms with Crippen molar-refractivity contribution in [2.24, 2.45) is 0 Å². The van der Waals surface area contributed by atoms with Crippen molar-refractivity contribution in [1.29, 1.82) is 0 Å². The molecule has 2 aromatic carbocycles. The molecule has 0 spiro atoms. The Balaban J connectivity index is 1.34. The monoisotopic (exact) mass is 559 g/mol. The van der Waals surface area contributed by atoms with Gasteiger partial charge in [-0.3, -0.25) is 10.1 Å². The molecular weight excluding hydrogens is 541 g/mol. The molecule has 0 atom stereocenters. The number of thiocarbonyl (C=S) groups is 1. The van der Waals surface area contributed by atoms with Crippen molar-refractivity contribution in [3.63, 3.8) is 0 Å². The zero-order valence-electron chi connectivity index (χ0n) is 19.0. The fourth-order valence-electron chi connectivity index (χ4n) is 3.18. The second kappa shape index (κ2) is 11.6. The number of halogens is 2. The average molecular weight is 560 g/mol. The van der Waals surface area contributed by atoms with Crippen molar-refractivity contribution in [1.82, 2.24) is 10.3 Å². The number of nitrogens with zero attached hydrogens (tertiary/aromatic N) is 1. The molecule has 11 heteroatoms. The number of thiazole rings is 1. The van der Waals surface area contributed by atoms with E-state index in [-0.39, 0.29) is 5.11 Å². The molecule has 4 rings (SSSR count). The second-order valence-electron chi connectivity index (χ2n) is 7.21. The standard InChI is InChI=1S/C25H19Cl2N3O4S2/c1-32-21-8-3-14(11-22(21)33-2)19-13-36-25(28-19)30-24(35)29-23(31)10-6-16-5-9-20(34-16)17-7-4-15(26)12-18(17)27/h3-13H,1-2H3,(H2,28,29,30,31,35)/b10-6+. The number of hydrogen-bond donors (Lipinski definition) is 2. The third kappa shape index (κ3) is 6.24. The van der Waals surface area contributed by atoms with Gasteiger partial charge in [-0.1, -0.05) is 23.2 Å². The van der Waals surface area contributed by atoms with Crippen molar-refractivity contribution >= 4 is 69.0 Å². The molecule has 0 aliphatic carbocycles. The zero-order chi connectivity index (χ0) is 25.7. The van der Waals surface area contributed by atoms with E-state index in [2.05, 4.69) is 15.6 Å². The maximum absolute atomic E-state index is 12.3. The van der Waals surface area contributed by atoms with Gasteiger partial charge in [0.1, 0.15) is 11.5 Å². The SMILES string of the molecule is COc1ccc(-c2csc(NC(=S)NC(=O)/C=C/c3ccc(-c4ccc(Cl)cc4Cl)o3)n2)cc1OC. The van der Waals surface area contributed by atoms with Gasteiger partial charge in [0, 0.05) is 27.6 Å². The minimum atomic E-state index is -0.424. The number of benzene rings is 2. The summed E-state index contributed by atoms with van der Waals surface area (Å²) in [5.41, 5.74) is 2.28. The fraction of sp³-hybridized carbons (Fsp3) is 0.0800. The number of anilines is 1. The van der Waals surface area contributed by atoms with Crippen LogP contribution in [0.25, 0.3) is 28.7 Å². The molecular formula is C25H19Cl2N3O4S2. The Hall–Kier alpha value is -3.37. The van der Waals surface area contributed by atoms with Crippen molar-refractivity contribution in [3.8, 4) is 34.1 Å². The van der Waals surface area contributed by atoms with E-state index in [1.807, 2.05) is 23.6 Å². The van der Waals surface area contributed by atoms with E-state index >= 15 is 0 Å². The fourth-order valence-corrected chi connectivity index (χ4v) is 4.66. The van der Waals surface area contributed by atoms with Gasteiger partial charge < -0.3 is 19.2 Å². The summed E-state index contributed by atoms with van der Waals surface area (Å²) >= 11 is 18.8. The number of methoxy groups -OCH3 is 2. The van der Waals surface area contributed by atoms with Crippen LogP contribution in [0.5, 0.6) is 11.5 Å². The predicted molar refractivity (Wildman–Crippen MR) is 148 cm³/mol. The first-order valence-electron chi connectivity index (χ1n) is 10.4. The van der Waals surface area contributed by atoms with E-state index in [1.165, 1.54) is 23.5 Å². The summed E-state index contributed by atoms with van der Waals surface area (Å²) in [7, 11) is 3.15. The number of carbonyl (C=O) groups is 1. The maximum Gasteiger partial charge on any atom is 0.250 e. The number of rotatable bonds is 7. The Morgan fingerprint density at radius 3 is 2.64 bits per heavy atom. The van der Waals surface area contributed by atoms with Crippen LogP contribution in [-0.2, 0) is 4.79 Å². The molecule has 0 radical (unpaired) electrons. The summed E-state index contributed by atoms with van der Waals surface area (Å²) in [5, 5.41) is 9.02. The van der Waals surface area contributed by atoms with Gasteiger partial charge in [-0.15, -0.1) is 11.3 Å². The van der Waals surface area contributed by atoms with E-state index in [0.717, 1.165) is 11.3 Å². The average Bonchev–Trinajstić information content (AvgIpc) is 3.52. The number of hydrogen-bond acceptors (Lipinski definition) is 7. The van der Waals surface area contributed by atoms with Crippen molar-refractivity contribution in [2.75, 3.05) is 19.5 Å². The molecule has 2 heterocycles. The lowest BCUT2D eigenvalue weighted by molar-refractivity contribution is -0.115. The van der Waals surface area contributed by atoms with Crippen LogP contribution < -0.4 is 20.1 Å². The largest absolute Gasteiger partial charge is 0.493 e. The first-order valence-corrected chi connectivity index (χ1v) is 12.4. The highest BCUT2D eigenvalue weighted by Gasteiger charge is 2.11. The first-order chi connectivity index (χ1) is 17.4. The van der Waals surface area contributed by atoms with E-state index in [9.17, 15) is 4.79 Å². The molecule has 0 saturated heterocycles. The summed E-state index contributed by atoms with van der Waals surface area (Å²) in [6, 6.07) is 14.1. The number of nitrogens with one attached hydrogen (secondary N) is 2. The maximum atomic E-state index is 12.3. The molecule has 184 valence electrons. The van der Waals surface area contributed by atoms with Crippen molar-refractivity contribution in [3.05, 3.63) is 75.8 Å². The Labute approximate surface area is 226 Å². The highest BCUT2D eigenvalue weighted by Crippen LogP contribution is 2.34. The number of aromatic nitrogens is 1. The second-order valence-corrected chi connectivity index (χ2v) is 9.32. The molecule has 2 aromatic heterocycles. The quantitative estimate of drug-likeness (QED) is 0.188. The van der Waals surface area contributed by atoms with Gasteiger partial charge in [-0.05, 0) is 66.8 Å². The lowest BCUT2D eigenvalue weighted by Crippen LogP contribution is -2.32. The van der Waals surface area contributed by atoms with Crippen molar-refractivity contribution < 1.29 is 18.7 Å². The molecule has 0 bridgehead atoms. The molecule has 0 fully saturated rings. The molecule has 2 N–H and O–H groups in total. The van der Waals surface area contributed by atoms with E-state index < -0.39 is 5.91 Å². The molecule has 0 aliphatic heterocycles. The number of amides is 1. The van der Waals surface area contributed by atoms with Crippen LogP contribution in [-0.4, -0.2) is 30.2 Å². The van der Waals surface area contributed by atoms with Gasteiger partial charge in [0.05, 0.1) is 24.9 Å². The Bertz CT molecular complexity index is 1450. The summed E-state index contributed by atoms with van der Waals surface area (Å²) in [6.45, 7) is 0. The smallest absolute Gasteiger partial charge is 0.250 e. The third-order valence-corrected chi connectivity index (χ3v) is 6.37. The number of furan rings is 1. The van der Waals surface area contributed by atoms with Crippen LogP contribution in [0.15, 0.2) is 64.4 Å². The highest BCUT2D eigenvalue weighted by atomic mass is 35.5. The summed E-state index contributed by atoms with van der Waals surface area (Å²) in [6.07, 6.45) is 2.85. The van der Waals surface area contributed by atoms with Crippen molar-refractivity contribution in [2.45, 2.75) is 0 Å². The van der Waals surface area contributed by atoms with Crippen LogP contribution in [0.1, 0.15) is 5.76 Å². The molecule has 4 aromatic rings. The Morgan fingerprint density at radius 1 is 1.08 bits per heavy atom. The van der Waals surface area contributed by atoms with E-state index in [0.29, 0.717) is 43.8 Å². The molecule has 0 unspecified atom stereocenters. The van der Waals surface area contributed by atoms with Gasteiger partial charge >= 0.3 is 0 Å². The van der Waals surface area contributed by atoms with E-state index in [1.54, 1.807) is 44.6 Å². The molecule has 0 saturated carbocycles. The minimum Gasteiger partial charge on any atom is -0.493 e. The van der Waals surface area contributed by atoms with Crippen LogP contribution in [0.3, 0.4) is 0 Å². The van der Waals surface area contributed by atoms with Crippen LogP contribution in [0, 0.1) is 0 Å². The zero-order valence-corrected chi connectivity index (χ0v) is 22.1. The topological polar surface area (TPSA) is 85.6 Å². The molecule has 7 nitrogen and oxygen atoms in total. The lowest BCUT2D eigenvalue weighted by atomic mass is 10.1. The summed E-state index contributed by atoms with van der Waals surface area (Å²) < 4.78 is 16.4. The first kappa shape index (κ1) is 25.7.